The van der Waals surface area contributed by atoms with Crippen molar-refractivity contribution in [1.82, 2.24) is 4.90 Å². The van der Waals surface area contributed by atoms with E-state index in [1.807, 2.05) is 28.8 Å². The van der Waals surface area contributed by atoms with Crippen LogP contribution in [0.2, 0.25) is 0 Å². The van der Waals surface area contributed by atoms with Gasteiger partial charge in [-0.15, -0.1) is 11.8 Å². The summed E-state index contributed by atoms with van der Waals surface area (Å²) in [6.07, 6.45) is 0. The molecule has 5 nitrogen and oxygen atoms in total. The van der Waals surface area contributed by atoms with E-state index in [0.717, 1.165) is 23.6 Å². The molecule has 1 fully saturated rings. The summed E-state index contributed by atoms with van der Waals surface area (Å²) in [4.78, 5) is 14.2. The molecule has 1 aliphatic heterocycles. The fraction of sp³-hybridized carbons (Fsp3) is 0.562. The predicted molar refractivity (Wildman–Crippen MR) is 96.0 cm³/mol. The lowest BCUT2D eigenvalue weighted by molar-refractivity contribution is -0.127. The maximum atomic E-state index is 12.2. The van der Waals surface area contributed by atoms with Gasteiger partial charge in [-0.3, -0.25) is 4.79 Å². The van der Waals surface area contributed by atoms with E-state index < -0.39 is 0 Å². The molecular formula is C16H23NO4S2. The molecule has 1 aromatic carbocycles. The molecule has 1 aromatic rings. The van der Waals surface area contributed by atoms with Crippen molar-refractivity contribution in [2.75, 3.05) is 45.1 Å². The number of rotatable bonds is 8. The Kier molecular flexibility index (Phi) is 6.77. The number of benzene rings is 1. The first-order valence-corrected chi connectivity index (χ1v) is 9.65. The standard InChI is InChI=1S/C16H23NO4S2/c1-5-22-7-6-17-15(18)10-23-16(17)11-8-13(20-3)14(21-4)9-12(11)19-2/h8-9,16H,5-7,10H2,1-4H3. The number of amides is 1. The lowest BCUT2D eigenvalue weighted by atomic mass is 10.1. The van der Waals surface area contributed by atoms with Gasteiger partial charge in [-0.1, -0.05) is 6.92 Å². The van der Waals surface area contributed by atoms with Crippen LogP contribution in [-0.2, 0) is 4.79 Å². The summed E-state index contributed by atoms with van der Waals surface area (Å²) in [5, 5.41) is -0.0466. The molecule has 2 rings (SSSR count). The Morgan fingerprint density at radius 2 is 1.83 bits per heavy atom. The summed E-state index contributed by atoms with van der Waals surface area (Å²) < 4.78 is 16.2. The summed E-state index contributed by atoms with van der Waals surface area (Å²) in [6.45, 7) is 2.87. The Hall–Kier alpha value is -1.21. The monoisotopic (exact) mass is 357 g/mol. The van der Waals surface area contributed by atoms with Gasteiger partial charge in [0.15, 0.2) is 11.5 Å². The third kappa shape index (κ3) is 4.01. The zero-order valence-corrected chi connectivity index (χ0v) is 15.6. The lowest BCUT2D eigenvalue weighted by Gasteiger charge is -2.26. The molecule has 1 unspecified atom stereocenters. The zero-order valence-electron chi connectivity index (χ0n) is 14.0. The van der Waals surface area contributed by atoms with Crippen LogP contribution in [0, 0.1) is 0 Å². The number of carbonyl (C=O) groups is 1. The minimum Gasteiger partial charge on any atom is -0.496 e. The molecule has 1 aliphatic rings. The average Bonchev–Trinajstić information content (AvgIpc) is 2.94. The minimum atomic E-state index is -0.0466. The Morgan fingerprint density at radius 3 is 2.43 bits per heavy atom. The van der Waals surface area contributed by atoms with Crippen LogP contribution in [0.15, 0.2) is 12.1 Å². The Labute approximate surface area is 146 Å². The quantitative estimate of drug-likeness (QED) is 0.667. The normalized spacial score (nSPS) is 17.5. The fourth-order valence-corrected chi connectivity index (χ4v) is 4.35. The highest BCUT2D eigenvalue weighted by molar-refractivity contribution is 8.00. The average molecular weight is 357 g/mol. The molecule has 0 bridgehead atoms. The van der Waals surface area contributed by atoms with Crippen LogP contribution in [-0.4, -0.2) is 55.9 Å². The van der Waals surface area contributed by atoms with Crippen molar-refractivity contribution in [3.05, 3.63) is 17.7 Å². The predicted octanol–water partition coefficient (Wildman–Crippen LogP) is 3.04. The van der Waals surface area contributed by atoms with Crippen molar-refractivity contribution in [2.24, 2.45) is 0 Å². The first kappa shape index (κ1) is 18.1. The second-order valence-electron chi connectivity index (χ2n) is 4.90. The van der Waals surface area contributed by atoms with Crippen LogP contribution in [0.1, 0.15) is 17.9 Å². The number of hydrogen-bond acceptors (Lipinski definition) is 6. The molecule has 1 atom stereocenters. The lowest BCUT2D eigenvalue weighted by Crippen LogP contribution is -2.30. The molecule has 0 spiro atoms. The van der Waals surface area contributed by atoms with Crippen molar-refractivity contribution >= 4 is 29.4 Å². The van der Waals surface area contributed by atoms with Gasteiger partial charge in [-0.25, -0.2) is 0 Å². The number of nitrogens with zero attached hydrogens (tertiary/aromatic N) is 1. The van der Waals surface area contributed by atoms with E-state index in [-0.39, 0.29) is 11.3 Å². The Balaban J connectivity index is 2.32. The van der Waals surface area contributed by atoms with Crippen LogP contribution in [0.3, 0.4) is 0 Å². The van der Waals surface area contributed by atoms with Crippen molar-refractivity contribution in [3.63, 3.8) is 0 Å². The van der Waals surface area contributed by atoms with Crippen LogP contribution >= 0.6 is 23.5 Å². The van der Waals surface area contributed by atoms with E-state index in [1.54, 1.807) is 33.1 Å². The van der Waals surface area contributed by atoms with Gasteiger partial charge in [0.2, 0.25) is 5.91 Å². The fourth-order valence-electron chi connectivity index (χ4n) is 2.51. The number of methoxy groups -OCH3 is 3. The van der Waals surface area contributed by atoms with Crippen molar-refractivity contribution in [3.8, 4) is 17.2 Å². The summed E-state index contributed by atoms with van der Waals surface area (Å²) in [6, 6.07) is 3.73. The molecule has 7 heteroatoms. The highest BCUT2D eigenvalue weighted by Crippen LogP contribution is 2.46. The summed E-state index contributed by atoms with van der Waals surface area (Å²) in [5.41, 5.74) is 0.947. The molecule has 1 saturated heterocycles. The maximum absolute atomic E-state index is 12.2. The van der Waals surface area contributed by atoms with Crippen molar-refractivity contribution in [1.29, 1.82) is 0 Å². The van der Waals surface area contributed by atoms with E-state index in [0.29, 0.717) is 23.0 Å². The second kappa shape index (κ2) is 8.59. The third-order valence-electron chi connectivity index (χ3n) is 3.65. The number of hydrogen-bond donors (Lipinski definition) is 0. The van der Waals surface area contributed by atoms with E-state index in [2.05, 4.69) is 6.92 Å². The number of ether oxygens (including phenoxy) is 3. The molecular weight excluding hydrogens is 334 g/mol. The summed E-state index contributed by atoms with van der Waals surface area (Å²) in [5.74, 6) is 4.64. The molecule has 0 aliphatic carbocycles. The van der Waals surface area contributed by atoms with Crippen LogP contribution in [0.25, 0.3) is 0 Å². The first-order valence-electron chi connectivity index (χ1n) is 7.45. The third-order valence-corrected chi connectivity index (χ3v) is 5.77. The summed E-state index contributed by atoms with van der Waals surface area (Å²) in [7, 11) is 4.83. The number of thioether (sulfide) groups is 2. The molecule has 0 radical (unpaired) electrons. The van der Waals surface area contributed by atoms with Gasteiger partial charge >= 0.3 is 0 Å². The van der Waals surface area contributed by atoms with Crippen molar-refractivity contribution in [2.45, 2.75) is 12.3 Å². The molecule has 0 N–H and O–H groups in total. The van der Waals surface area contributed by atoms with Gasteiger partial charge in [-0.05, 0) is 11.8 Å². The van der Waals surface area contributed by atoms with Gasteiger partial charge in [-0.2, -0.15) is 11.8 Å². The molecule has 0 saturated carbocycles. The first-order chi connectivity index (χ1) is 11.2. The van der Waals surface area contributed by atoms with Crippen LogP contribution < -0.4 is 14.2 Å². The minimum absolute atomic E-state index is 0.0466. The van der Waals surface area contributed by atoms with Gasteiger partial charge in [0.05, 0.1) is 27.1 Å². The maximum Gasteiger partial charge on any atom is 0.233 e. The highest BCUT2D eigenvalue weighted by Gasteiger charge is 2.35. The molecule has 0 aromatic heterocycles. The van der Waals surface area contributed by atoms with E-state index >= 15 is 0 Å². The largest absolute Gasteiger partial charge is 0.496 e. The molecule has 23 heavy (non-hydrogen) atoms. The SMILES string of the molecule is CCSCCN1C(=O)CSC1c1cc(OC)c(OC)cc1OC. The summed E-state index contributed by atoms with van der Waals surface area (Å²) >= 11 is 3.46. The van der Waals surface area contributed by atoms with Gasteiger partial charge in [0, 0.05) is 23.9 Å². The smallest absolute Gasteiger partial charge is 0.233 e. The molecule has 1 heterocycles. The van der Waals surface area contributed by atoms with E-state index in [9.17, 15) is 4.79 Å². The van der Waals surface area contributed by atoms with E-state index in [1.165, 1.54) is 0 Å². The van der Waals surface area contributed by atoms with Gasteiger partial charge < -0.3 is 19.1 Å². The van der Waals surface area contributed by atoms with Crippen molar-refractivity contribution < 1.29 is 19.0 Å². The Morgan fingerprint density at radius 1 is 1.17 bits per heavy atom. The number of carbonyl (C=O) groups excluding carboxylic acids is 1. The molecule has 1 amide bonds. The highest BCUT2D eigenvalue weighted by atomic mass is 32.2. The van der Waals surface area contributed by atoms with Gasteiger partial charge in [0.25, 0.3) is 0 Å². The van der Waals surface area contributed by atoms with Crippen LogP contribution in [0.4, 0.5) is 0 Å². The second-order valence-corrected chi connectivity index (χ2v) is 7.36. The van der Waals surface area contributed by atoms with Gasteiger partial charge in [0.1, 0.15) is 11.1 Å². The van der Waals surface area contributed by atoms with Crippen LogP contribution in [0.5, 0.6) is 17.2 Å². The zero-order chi connectivity index (χ0) is 16.8. The topological polar surface area (TPSA) is 48.0 Å². The van der Waals surface area contributed by atoms with E-state index in [4.69, 9.17) is 14.2 Å². The Bertz CT molecular complexity index is 553. The molecule has 128 valence electrons.